The molecule has 0 spiro atoms. The highest BCUT2D eigenvalue weighted by molar-refractivity contribution is 5.43. The standard InChI is InChI=1S/C18H21NO3/c1-20-17-8-7-13(11-18(17)21-2)12-19-15-9-10-22-16-6-4-3-5-14(15)16/h3-8,11,15,19H,9-10,12H2,1-2H3. The van der Waals surface area contributed by atoms with Crippen molar-refractivity contribution in [3.05, 3.63) is 53.6 Å². The maximum Gasteiger partial charge on any atom is 0.161 e. The Morgan fingerprint density at radius 2 is 1.91 bits per heavy atom. The molecule has 1 heterocycles. The zero-order valence-electron chi connectivity index (χ0n) is 13.0. The number of hydrogen-bond acceptors (Lipinski definition) is 4. The number of benzene rings is 2. The molecule has 2 aromatic carbocycles. The second-order valence-electron chi connectivity index (χ2n) is 5.30. The summed E-state index contributed by atoms with van der Waals surface area (Å²) < 4.78 is 16.3. The average Bonchev–Trinajstić information content (AvgIpc) is 2.59. The molecule has 0 bridgehead atoms. The van der Waals surface area contributed by atoms with Crippen molar-refractivity contribution in [1.29, 1.82) is 0 Å². The summed E-state index contributed by atoms with van der Waals surface area (Å²) in [5, 5.41) is 3.61. The summed E-state index contributed by atoms with van der Waals surface area (Å²) in [5.41, 5.74) is 2.40. The number of hydrogen-bond donors (Lipinski definition) is 1. The number of para-hydroxylation sites is 1. The van der Waals surface area contributed by atoms with Gasteiger partial charge in [0.1, 0.15) is 5.75 Å². The molecule has 1 N–H and O–H groups in total. The van der Waals surface area contributed by atoms with Gasteiger partial charge in [-0.15, -0.1) is 0 Å². The summed E-state index contributed by atoms with van der Waals surface area (Å²) in [6, 6.07) is 14.5. The largest absolute Gasteiger partial charge is 0.493 e. The molecule has 1 atom stereocenters. The topological polar surface area (TPSA) is 39.7 Å². The summed E-state index contributed by atoms with van der Waals surface area (Å²) in [6.07, 6.45) is 0.976. The lowest BCUT2D eigenvalue weighted by Crippen LogP contribution is -2.26. The van der Waals surface area contributed by atoms with Crippen molar-refractivity contribution < 1.29 is 14.2 Å². The van der Waals surface area contributed by atoms with Gasteiger partial charge in [-0.25, -0.2) is 0 Å². The van der Waals surface area contributed by atoms with Gasteiger partial charge < -0.3 is 19.5 Å². The summed E-state index contributed by atoms with van der Waals surface area (Å²) in [5.74, 6) is 2.50. The molecule has 0 aromatic heterocycles. The molecule has 3 rings (SSSR count). The van der Waals surface area contributed by atoms with Crippen molar-refractivity contribution in [2.24, 2.45) is 0 Å². The van der Waals surface area contributed by atoms with Gasteiger partial charge in [-0.05, 0) is 23.8 Å². The van der Waals surface area contributed by atoms with Crippen LogP contribution in [-0.2, 0) is 6.54 Å². The lowest BCUT2D eigenvalue weighted by Gasteiger charge is -2.26. The fourth-order valence-electron chi connectivity index (χ4n) is 2.79. The maximum absolute atomic E-state index is 5.70. The van der Waals surface area contributed by atoms with Gasteiger partial charge >= 0.3 is 0 Å². The minimum Gasteiger partial charge on any atom is -0.493 e. The zero-order valence-corrected chi connectivity index (χ0v) is 13.0. The molecule has 0 amide bonds. The second-order valence-corrected chi connectivity index (χ2v) is 5.30. The highest BCUT2D eigenvalue weighted by Gasteiger charge is 2.20. The SMILES string of the molecule is COc1ccc(CNC2CCOc3ccccc32)cc1OC. The van der Waals surface area contributed by atoms with Crippen LogP contribution in [0, 0.1) is 0 Å². The van der Waals surface area contributed by atoms with Crippen LogP contribution in [0.1, 0.15) is 23.6 Å². The molecule has 4 heteroatoms. The molecular weight excluding hydrogens is 278 g/mol. The smallest absolute Gasteiger partial charge is 0.161 e. The van der Waals surface area contributed by atoms with Gasteiger partial charge in [0.15, 0.2) is 11.5 Å². The van der Waals surface area contributed by atoms with Crippen molar-refractivity contribution in [3.63, 3.8) is 0 Å². The molecule has 2 aromatic rings. The Morgan fingerprint density at radius 1 is 1.09 bits per heavy atom. The van der Waals surface area contributed by atoms with Gasteiger partial charge in [0.2, 0.25) is 0 Å². The minimum absolute atomic E-state index is 0.318. The van der Waals surface area contributed by atoms with Crippen molar-refractivity contribution in [2.45, 2.75) is 19.0 Å². The van der Waals surface area contributed by atoms with E-state index in [1.54, 1.807) is 14.2 Å². The van der Waals surface area contributed by atoms with Gasteiger partial charge in [0, 0.05) is 24.6 Å². The van der Waals surface area contributed by atoms with Crippen molar-refractivity contribution in [1.82, 2.24) is 5.32 Å². The van der Waals surface area contributed by atoms with Gasteiger partial charge in [-0.3, -0.25) is 0 Å². The molecule has 4 nitrogen and oxygen atoms in total. The highest BCUT2D eigenvalue weighted by atomic mass is 16.5. The number of fused-ring (bicyclic) bond motifs is 1. The summed E-state index contributed by atoms with van der Waals surface area (Å²) >= 11 is 0. The molecule has 1 aliphatic rings. The Balaban J connectivity index is 1.71. The number of nitrogens with one attached hydrogen (secondary N) is 1. The van der Waals surface area contributed by atoms with Crippen LogP contribution in [0.2, 0.25) is 0 Å². The van der Waals surface area contributed by atoms with E-state index in [4.69, 9.17) is 14.2 Å². The fraction of sp³-hybridized carbons (Fsp3) is 0.333. The van der Waals surface area contributed by atoms with Crippen LogP contribution in [-0.4, -0.2) is 20.8 Å². The van der Waals surface area contributed by atoms with E-state index < -0.39 is 0 Å². The normalized spacial score (nSPS) is 16.5. The first-order valence-corrected chi connectivity index (χ1v) is 7.48. The molecular formula is C18H21NO3. The molecule has 22 heavy (non-hydrogen) atoms. The van der Waals surface area contributed by atoms with E-state index in [0.717, 1.165) is 36.8 Å². The summed E-state index contributed by atoms with van der Waals surface area (Å²) in [6.45, 7) is 1.53. The van der Waals surface area contributed by atoms with E-state index >= 15 is 0 Å². The fourth-order valence-corrected chi connectivity index (χ4v) is 2.79. The first-order valence-electron chi connectivity index (χ1n) is 7.48. The van der Waals surface area contributed by atoms with Crippen LogP contribution in [0.4, 0.5) is 0 Å². The van der Waals surface area contributed by atoms with Gasteiger partial charge in [0.05, 0.1) is 20.8 Å². The molecule has 116 valence electrons. The number of rotatable bonds is 5. The van der Waals surface area contributed by atoms with Crippen LogP contribution in [0.3, 0.4) is 0 Å². The Labute approximate surface area is 131 Å². The first kappa shape index (κ1) is 14.7. The third kappa shape index (κ3) is 3.02. The Kier molecular flexibility index (Phi) is 4.49. The predicted molar refractivity (Wildman–Crippen MR) is 85.7 cm³/mol. The molecule has 0 saturated heterocycles. The van der Waals surface area contributed by atoms with Crippen molar-refractivity contribution in [3.8, 4) is 17.2 Å². The maximum atomic E-state index is 5.70. The van der Waals surface area contributed by atoms with E-state index in [-0.39, 0.29) is 0 Å². The molecule has 0 saturated carbocycles. The number of methoxy groups -OCH3 is 2. The summed E-state index contributed by atoms with van der Waals surface area (Å²) in [7, 11) is 3.30. The quantitative estimate of drug-likeness (QED) is 0.919. The monoisotopic (exact) mass is 299 g/mol. The van der Waals surface area contributed by atoms with E-state index in [2.05, 4.69) is 23.5 Å². The Bertz CT molecular complexity index is 642. The Morgan fingerprint density at radius 3 is 2.73 bits per heavy atom. The Hall–Kier alpha value is -2.20. The average molecular weight is 299 g/mol. The first-order chi connectivity index (χ1) is 10.8. The third-order valence-corrected chi connectivity index (χ3v) is 3.96. The van der Waals surface area contributed by atoms with E-state index in [1.807, 2.05) is 24.3 Å². The van der Waals surface area contributed by atoms with Crippen LogP contribution >= 0.6 is 0 Å². The molecule has 0 radical (unpaired) electrons. The summed E-state index contributed by atoms with van der Waals surface area (Å²) in [4.78, 5) is 0. The van der Waals surface area contributed by atoms with Crippen LogP contribution < -0.4 is 19.5 Å². The lowest BCUT2D eigenvalue weighted by molar-refractivity contribution is 0.252. The molecule has 1 aliphatic heterocycles. The van der Waals surface area contributed by atoms with Crippen molar-refractivity contribution >= 4 is 0 Å². The third-order valence-electron chi connectivity index (χ3n) is 3.96. The van der Waals surface area contributed by atoms with Gasteiger partial charge in [0.25, 0.3) is 0 Å². The van der Waals surface area contributed by atoms with Crippen molar-refractivity contribution in [2.75, 3.05) is 20.8 Å². The second kappa shape index (κ2) is 6.71. The molecule has 1 unspecified atom stereocenters. The van der Waals surface area contributed by atoms with Crippen LogP contribution in [0.25, 0.3) is 0 Å². The molecule has 0 aliphatic carbocycles. The minimum atomic E-state index is 0.318. The van der Waals surface area contributed by atoms with Crippen LogP contribution in [0.5, 0.6) is 17.2 Å². The number of ether oxygens (including phenoxy) is 3. The van der Waals surface area contributed by atoms with E-state index in [9.17, 15) is 0 Å². The predicted octanol–water partition coefficient (Wildman–Crippen LogP) is 3.32. The molecule has 0 fully saturated rings. The van der Waals surface area contributed by atoms with Gasteiger partial charge in [-0.1, -0.05) is 24.3 Å². The lowest BCUT2D eigenvalue weighted by atomic mass is 10.0. The zero-order chi connectivity index (χ0) is 15.4. The van der Waals surface area contributed by atoms with Gasteiger partial charge in [-0.2, -0.15) is 0 Å². The van der Waals surface area contributed by atoms with E-state index in [1.165, 1.54) is 11.1 Å². The van der Waals surface area contributed by atoms with E-state index in [0.29, 0.717) is 6.04 Å². The van der Waals surface area contributed by atoms with Crippen LogP contribution in [0.15, 0.2) is 42.5 Å². The highest BCUT2D eigenvalue weighted by Crippen LogP contribution is 2.32.